The molecule has 2 rings (SSSR count). The van der Waals surface area contributed by atoms with Gasteiger partial charge in [0.1, 0.15) is 0 Å². The Labute approximate surface area is 129 Å². The minimum absolute atomic E-state index is 0.254. The Morgan fingerprint density at radius 1 is 1.14 bits per heavy atom. The van der Waals surface area contributed by atoms with Gasteiger partial charge in [-0.15, -0.1) is 0 Å². The molecule has 2 heterocycles. The first-order valence-corrected chi connectivity index (χ1v) is 8.64. The smallest absolute Gasteiger partial charge is 0.231 e. The molecule has 4 N–H and O–H groups in total. The van der Waals surface area contributed by atoms with Gasteiger partial charge in [-0.2, -0.15) is 26.7 Å². The maximum atomic E-state index is 8.71. The van der Waals surface area contributed by atoms with Gasteiger partial charge in [-0.3, -0.25) is 0 Å². The van der Waals surface area contributed by atoms with Gasteiger partial charge in [0.2, 0.25) is 17.8 Å². The molecular weight excluding hydrogens is 288 g/mol. The summed E-state index contributed by atoms with van der Waals surface area (Å²) in [6, 6.07) is 0. The van der Waals surface area contributed by atoms with Gasteiger partial charge in [0, 0.05) is 32.0 Å². The lowest BCUT2D eigenvalue weighted by molar-refractivity contribution is 0.296. The molecule has 8 heteroatoms. The second kappa shape index (κ2) is 8.89. The van der Waals surface area contributed by atoms with Crippen LogP contribution in [0.1, 0.15) is 25.7 Å². The molecule has 1 aliphatic heterocycles. The van der Waals surface area contributed by atoms with E-state index in [1.807, 2.05) is 0 Å². The number of rotatable bonds is 8. The van der Waals surface area contributed by atoms with E-state index in [0.717, 1.165) is 37.6 Å². The molecule has 1 aliphatic rings. The zero-order valence-electron chi connectivity index (χ0n) is 12.3. The highest BCUT2D eigenvalue weighted by atomic mass is 32.2. The molecule has 0 amide bonds. The van der Waals surface area contributed by atoms with Crippen LogP contribution in [-0.4, -0.2) is 57.8 Å². The number of anilines is 3. The molecule has 0 atom stereocenters. The lowest BCUT2D eigenvalue weighted by Crippen LogP contribution is -2.31. The Balaban J connectivity index is 1.83. The number of nitrogen functional groups attached to an aromatic ring is 1. The fourth-order valence-corrected chi connectivity index (χ4v) is 2.98. The SMILES string of the molecule is Nc1nc(NCCSCCCO)nc(N2CCCCC2)n1. The third kappa shape index (κ3) is 5.55. The van der Waals surface area contributed by atoms with Crippen molar-refractivity contribution >= 4 is 29.6 Å². The summed E-state index contributed by atoms with van der Waals surface area (Å²) >= 11 is 1.80. The van der Waals surface area contributed by atoms with Crippen LogP contribution in [0, 0.1) is 0 Å². The second-order valence-corrected chi connectivity index (χ2v) is 6.21. The van der Waals surface area contributed by atoms with E-state index in [1.165, 1.54) is 19.3 Å². The van der Waals surface area contributed by atoms with Gasteiger partial charge in [-0.1, -0.05) is 0 Å². The number of hydrogen-bond acceptors (Lipinski definition) is 8. The summed E-state index contributed by atoms with van der Waals surface area (Å²) in [5.41, 5.74) is 5.77. The molecule has 0 unspecified atom stereocenters. The minimum atomic E-state index is 0.254. The van der Waals surface area contributed by atoms with Crippen molar-refractivity contribution in [2.45, 2.75) is 25.7 Å². The predicted octanol–water partition coefficient (Wildman–Crippen LogP) is 0.972. The van der Waals surface area contributed by atoms with Crippen LogP contribution in [0.2, 0.25) is 0 Å². The first-order chi connectivity index (χ1) is 10.3. The zero-order chi connectivity index (χ0) is 14.9. The monoisotopic (exact) mass is 312 g/mol. The molecule has 1 aromatic rings. The fraction of sp³-hybridized carbons (Fsp3) is 0.769. The molecule has 21 heavy (non-hydrogen) atoms. The molecule has 1 saturated heterocycles. The fourth-order valence-electron chi connectivity index (χ4n) is 2.20. The Morgan fingerprint density at radius 3 is 2.71 bits per heavy atom. The number of nitrogens with zero attached hydrogens (tertiary/aromatic N) is 4. The van der Waals surface area contributed by atoms with Crippen LogP contribution >= 0.6 is 11.8 Å². The van der Waals surface area contributed by atoms with Crippen LogP contribution in [0.25, 0.3) is 0 Å². The molecule has 0 aromatic carbocycles. The van der Waals surface area contributed by atoms with Gasteiger partial charge >= 0.3 is 0 Å². The summed E-state index contributed by atoms with van der Waals surface area (Å²) in [5, 5.41) is 11.9. The van der Waals surface area contributed by atoms with Gasteiger partial charge in [0.25, 0.3) is 0 Å². The van der Waals surface area contributed by atoms with E-state index in [2.05, 4.69) is 25.2 Å². The molecule has 0 bridgehead atoms. The lowest BCUT2D eigenvalue weighted by Gasteiger charge is -2.26. The molecule has 0 spiro atoms. The molecule has 7 nitrogen and oxygen atoms in total. The first-order valence-electron chi connectivity index (χ1n) is 7.48. The Hall–Kier alpha value is -1.28. The van der Waals surface area contributed by atoms with Crippen molar-refractivity contribution in [1.29, 1.82) is 0 Å². The third-order valence-electron chi connectivity index (χ3n) is 3.26. The van der Waals surface area contributed by atoms with Crippen LogP contribution in [0.15, 0.2) is 0 Å². The van der Waals surface area contributed by atoms with Crippen LogP contribution in [0.5, 0.6) is 0 Å². The Kier molecular flexibility index (Phi) is 6.81. The lowest BCUT2D eigenvalue weighted by atomic mass is 10.1. The van der Waals surface area contributed by atoms with Crippen LogP contribution < -0.4 is 16.0 Å². The van der Waals surface area contributed by atoms with Crippen molar-refractivity contribution in [3.8, 4) is 0 Å². The van der Waals surface area contributed by atoms with Crippen molar-refractivity contribution in [3.05, 3.63) is 0 Å². The number of hydrogen-bond donors (Lipinski definition) is 3. The van der Waals surface area contributed by atoms with E-state index in [9.17, 15) is 0 Å². The third-order valence-corrected chi connectivity index (χ3v) is 4.33. The van der Waals surface area contributed by atoms with E-state index in [1.54, 1.807) is 11.8 Å². The van der Waals surface area contributed by atoms with E-state index in [4.69, 9.17) is 10.8 Å². The normalized spacial score (nSPS) is 15.2. The second-order valence-electron chi connectivity index (χ2n) is 4.98. The standard InChI is InChI=1S/C13H24N6OS/c14-11-16-12(15-5-10-21-9-4-8-20)18-13(17-11)19-6-2-1-3-7-19/h20H,1-10H2,(H3,14,15,16,17,18). The summed E-state index contributed by atoms with van der Waals surface area (Å²) < 4.78 is 0. The van der Waals surface area contributed by atoms with Gasteiger partial charge < -0.3 is 21.1 Å². The number of aliphatic hydroxyl groups is 1. The molecule has 1 fully saturated rings. The summed E-state index contributed by atoms with van der Waals surface area (Å²) in [7, 11) is 0. The topological polar surface area (TPSA) is 100 Å². The van der Waals surface area contributed by atoms with Crippen LogP contribution in [0.3, 0.4) is 0 Å². The van der Waals surface area contributed by atoms with Gasteiger partial charge in [0.15, 0.2) is 0 Å². The van der Waals surface area contributed by atoms with Crippen molar-refractivity contribution in [1.82, 2.24) is 15.0 Å². The number of piperidine rings is 1. The quantitative estimate of drug-likeness (QED) is 0.611. The highest BCUT2D eigenvalue weighted by Gasteiger charge is 2.15. The number of nitrogens with one attached hydrogen (secondary N) is 1. The van der Waals surface area contributed by atoms with Gasteiger partial charge in [-0.05, 0) is 31.4 Å². The van der Waals surface area contributed by atoms with E-state index in [-0.39, 0.29) is 12.6 Å². The number of aliphatic hydroxyl groups excluding tert-OH is 1. The van der Waals surface area contributed by atoms with E-state index >= 15 is 0 Å². The summed E-state index contributed by atoms with van der Waals surface area (Å²) in [6.45, 7) is 3.00. The van der Waals surface area contributed by atoms with Crippen molar-refractivity contribution < 1.29 is 5.11 Å². The maximum Gasteiger partial charge on any atom is 0.231 e. The Bertz CT molecular complexity index is 427. The zero-order valence-corrected chi connectivity index (χ0v) is 13.1. The van der Waals surface area contributed by atoms with Crippen molar-refractivity contribution in [3.63, 3.8) is 0 Å². The average molecular weight is 312 g/mol. The molecular formula is C13H24N6OS. The largest absolute Gasteiger partial charge is 0.396 e. The summed E-state index contributed by atoms with van der Waals surface area (Å²) in [6.07, 6.45) is 4.46. The average Bonchev–Trinajstić information content (AvgIpc) is 2.51. The highest BCUT2D eigenvalue weighted by molar-refractivity contribution is 7.99. The van der Waals surface area contributed by atoms with Crippen molar-refractivity contribution in [2.24, 2.45) is 0 Å². The molecule has 0 saturated carbocycles. The Morgan fingerprint density at radius 2 is 1.95 bits per heavy atom. The minimum Gasteiger partial charge on any atom is -0.396 e. The molecule has 118 valence electrons. The molecule has 0 radical (unpaired) electrons. The number of nitrogens with two attached hydrogens (primary N) is 1. The van der Waals surface area contributed by atoms with E-state index < -0.39 is 0 Å². The first kappa shape index (κ1) is 16.1. The van der Waals surface area contributed by atoms with Gasteiger partial charge in [0.05, 0.1) is 0 Å². The van der Waals surface area contributed by atoms with E-state index in [0.29, 0.717) is 11.9 Å². The number of thioether (sulfide) groups is 1. The maximum absolute atomic E-state index is 8.71. The predicted molar refractivity (Wildman–Crippen MR) is 87.8 cm³/mol. The summed E-state index contributed by atoms with van der Waals surface area (Å²) in [4.78, 5) is 15.0. The van der Waals surface area contributed by atoms with Crippen LogP contribution in [0.4, 0.5) is 17.8 Å². The molecule has 1 aromatic heterocycles. The highest BCUT2D eigenvalue weighted by Crippen LogP contribution is 2.17. The summed E-state index contributed by atoms with van der Waals surface area (Å²) in [5.74, 6) is 3.41. The van der Waals surface area contributed by atoms with Crippen LogP contribution in [-0.2, 0) is 0 Å². The molecule has 0 aliphatic carbocycles. The van der Waals surface area contributed by atoms with Crippen molar-refractivity contribution in [2.75, 3.05) is 53.7 Å². The van der Waals surface area contributed by atoms with Gasteiger partial charge in [-0.25, -0.2) is 0 Å². The number of aromatic nitrogens is 3.